The molecule has 0 aliphatic carbocycles. The van der Waals surface area contributed by atoms with E-state index < -0.39 is 10.0 Å². The van der Waals surface area contributed by atoms with Crippen molar-refractivity contribution in [3.8, 4) is 0 Å². The topological polar surface area (TPSA) is 79.6 Å². The molecular weight excluding hydrogens is 352 g/mol. The molecule has 1 atom stereocenters. The van der Waals surface area contributed by atoms with Gasteiger partial charge >= 0.3 is 0 Å². The summed E-state index contributed by atoms with van der Waals surface area (Å²) in [6.07, 6.45) is 5.16. The molecule has 1 aromatic heterocycles. The first-order chi connectivity index (χ1) is 12.4. The van der Waals surface area contributed by atoms with Gasteiger partial charge < -0.3 is 9.73 Å². The Morgan fingerprint density at radius 2 is 1.96 bits per heavy atom. The number of piperidine rings is 1. The van der Waals surface area contributed by atoms with Crippen LogP contribution in [0.4, 0.5) is 5.69 Å². The summed E-state index contributed by atoms with van der Waals surface area (Å²) in [5.74, 6) is 0.256. The molecule has 7 heteroatoms. The summed E-state index contributed by atoms with van der Waals surface area (Å²) in [5, 5.41) is 2.76. The van der Waals surface area contributed by atoms with Crippen molar-refractivity contribution >= 4 is 21.6 Å². The summed E-state index contributed by atoms with van der Waals surface area (Å²) in [6.45, 7) is 4.31. The number of rotatable bonds is 5. The van der Waals surface area contributed by atoms with Gasteiger partial charge in [-0.05, 0) is 56.5 Å². The summed E-state index contributed by atoms with van der Waals surface area (Å²) in [4.78, 5) is 12.5. The van der Waals surface area contributed by atoms with Crippen LogP contribution in [0.25, 0.3) is 0 Å². The Hall–Kier alpha value is -2.12. The Morgan fingerprint density at radius 3 is 2.58 bits per heavy atom. The lowest BCUT2D eigenvalue weighted by Gasteiger charge is -2.34. The minimum absolute atomic E-state index is 0.0668. The van der Waals surface area contributed by atoms with Gasteiger partial charge in [0.25, 0.3) is 5.91 Å². The molecule has 1 saturated heterocycles. The predicted octanol–water partition coefficient (Wildman–Crippen LogP) is 3.79. The number of carbonyl (C=O) groups is 1. The second kappa shape index (κ2) is 7.63. The van der Waals surface area contributed by atoms with Gasteiger partial charge in [0, 0.05) is 18.3 Å². The van der Waals surface area contributed by atoms with E-state index in [1.165, 1.54) is 6.26 Å². The van der Waals surface area contributed by atoms with Crippen molar-refractivity contribution in [3.63, 3.8) is 0 Å². The van der Waals surface area contributed by atoms with Crippen LogP contribution in [0.2, 0.25) is 0 Å². The highest BCUT2D eigenvalue weighted by atomic mass is 32.2. The molecule has 140 valence electrons. The third-order valence-electron chi connectivity index (χ3n) is 4.87. The quantitative estimate of drug-likeness (QED) is 0.861. The lowest BCUT2D eigenvalue weighted by atomic mass is 10.0. The number of hydrogen-bond acceptors (Lipinski definition) is 4. The fraction of sp³-hybridized carbons (Fsp3) is 0.421. The van der Waals surface area contributed by atoms with Crippen LogP contribution in [0.15, 0.2) is 45.9 Å². The Morgan fingerprint density at radius 1 is 1.23 bits per heavy atom. The molecule has 1 fully saturated rings. The maximum Gasteiger partial charge on any atom is 0.259 e. The lowest BCUT2D eigenvalue weighted by Crippen LogP contribution is -2.43. The number of nitrogens with one attached hydrogen (secondary N) is 1. The molecule has 1 aliphatic rings. The van der Waals surface area contributed by atoms with Gasteiger partial charge in [-0.1, -0.05) is 13.3 Å². The molecule has 1 aromatic carbocycles. The number of benzene rings is 1. The second-order valence-electron chi connectivity index (χ2n) is 6.54. The minimum atomic E-state index is -3.51. The van der Waals surface area contributed by atoms with Crippen molar-refractivity contribution in [1.82, 2.24) is 4.31 Å². The summed E-state index contributed by atoms with van der Waals surface area (Å²) < 4.78 is 32.6. The van der Waals surface area contributed by atoms with Gasteiger partial charge in [-0.25, -0.2) is 8.42 Å². The van der Waals surface area contributed by atoms with Crippen molar-refractivity contribution in [2.45, 2.75) is 50.5 Å². The molecule has 1 aliphatic heterocycles. The van der Waals surface area contributed by atoms with E-state index in [4.69, 9.17) is 4.42 Å². The van der Waals surface area contributed by atoms with E-state index in [1.54, 1.807) is 41.6 Å². The molecule has 2 heterocycles. The lowest BCUT2D eigenvalue weighted by molar-refractivity contribution is 0.102. The van der Waals surface area contributed by atoms with Gasteiger partial charge in [0.15, 0.2) is 0 Å². The van der Waals surface area contributed by atoms with Crippen LogP contribution < -0.4 is 5.32 Å². The van der Waals surface area contributed by atoms with Crippen LogP contribution >= 0.6 is 0 Å². The molecular formula is C19H24N2O4S. The Kier molecular flexibility index (Phi) is 5.48. The molecule has 0 unspecified atom stereocenters. The molecule has 0 radical (unpaired) electrons. The van der Waals surface area contributed by atoms with Gasteiger partial charge in [-0.3, -0.25) is 4.79 Å². The average molecular weight is 376 g/mol. The fourth-order valence-electron chi connectivity index (χ4n) is 3.36. The van der Waals surface area contributed by atoms with Crippen molar-refractivity contribution in [1.29, 1.82) is 0 Å². The molecule has 0 saturated carbocycles. The number of amides is 1. The van der Waals surface area contributed by atoms with E-state index in [0.717, 1.165) is 25.7 Å². The number of aryl methyl sites for hydroxylation is 1. The van der Waals surface area contributed by atoms with Crippen LogP contribution in [-0.2, 0) is 10.0 Å². The summed E-state index contributed by atoms with van der Waals surface area (Å²) in [6, 6.07) is 8.00. The SMILES string of the molecule is CC[C@@H]1CCCCN1S(=O)(=O)c1ccc(NC(=O)c2ccoc2C)cc1. The largest absolute Gasteiger partial charge is 0.469 e. The molecule has 1 N–H and O–H groups in total. The monoisotopic (exact) mass is 376 g/mol. The molecule has 3 rings (SSSR count). The zero-order valence-electron chi connectivity index (χ0n) is 15.1. The molecule has 6 nitrogen and oxygen atoms in total. The van der Waals surface area contributed by atoms with Gasteiger partial charge in [-0.15, -0.1) is 0 Å². The number of nitrogens with zero attached hydrogens (tertiary/aromatic N) is 1. The van der Waals surface area contributed by atoms with E-state index in [9.17, 15) is 13.2 Å². The van der Waals surface area contributed by atoms with Crippen molar-refractivity contribution in [2.24, 2.45) is 0 Å². The third-order valence-corrected chi connectivity index (χ3v) is 6.83. The fourth-order valence-corrected chi connectivity index (χ4v) is 5.13. The van der Waals surface area contributed by atoms with Crippen LogP contribution in [0, 0.1) is 6.92 Å². The Labute approximate surface area is 154 Å². The number of sulfonamides is 1. The normalized spacial score (nSPS) is 18.6. The first-order valence-electron chi connectivity index (χ1n) is 8.91. The number of hydrogen-bond donors (Lipinski definition) is 1. The molecule has 0 spiro atoms. The van der Waals surface area contributed by atoms with E-state index >= 15 is 0 Å². The molecule has 0 bridgehead atoms. The minimum Gasteiger partial charge on any atom is -0.469 e. The highest BCUT2D eigenvalue weighted by Gasteiger charge is 2.32. The van der Waals surface area contributed by atoms with E-state index in [1.807, 2.05) is 6.92 Å². The van der Waals surface area contributed by atoms with Crippen LogP contribution in [0.3, 0.4) is 0 Å². The highest BCUT2D eigenvalue weighted by molar-refractivity contribution is 7.89. The van der Waals surface area contributed by atoms with Crippen molar-refractivity contribution in [3.05, 3.63) is 47.9 Å². The highest BCUT2D eigenvalue weighted by Crippen LogP contribution is 2.27. The molecule has 1 amide bonds. The van der Waals surface area contributed by atoms with E-state index in [2.05, 4.69) is 5.32 Å². The third kappa shape index (κ3) is 3.68. The zero-order chi connectivity index (χ0) is 18.7. The number of carbonyl (C=O) groups excluding carboxylic acids is 1. The maximum absolute atomic E-state index is 12.9. The predicted molar refractivity (Wildman–Crippen MR) is 99.7 cm³/mol. The van der Waals surface area contributed by atoms with Gasteiger partial charge in [0.2, 0.25) is 10.0 Å². The summed E-state index contributed by atoms with van der Waals surface area (Å²) >= 11 is 0. The van der Waals surface area contributed by atoms with Crippen LogP contribution in [0.5, 0.6) is 0 Å². The first-order valence-corrected chi connectivity index (χ1v) is 10.3. The van der Waals surface area contributed by atoms with Gasteiger partial charge in [0.05, 0.1) is 16.7 Å². The smallest absolute Gasteiger partial charge is 0.259 e. The van der Waals surface area contributed by atoms with Crippen LogP contribution in [0.1, 0.15) is 48.7 Å². The van der Waals surface area contributed by atoms with Gasteiger partial charge in [-0.2, -0.15) is 4.31 Å². The standard InChI is InChI=1S/C19H24N2O4S/c1-3-16-6-4-5-12-21(16)26(23,24)17-9-7-15(8-10-17)20-19(22)18-11-13-25-14(18)2/h7-11,13,16H,3-6,12H2,1-2H3,(H,20,22)/t16-/m1/s1. The first kappa shape index (κ1) is 18.7. The maximum atomic E-state index is 12.9. The van der Waals surface area contributed by atoms with E-state index in [0.29, 0.717) is 23.6 Å². The second-order valence-corrected chi connectivity index (χ2v) is 8.43. The zero-order valence-corrected chi connectivity index (χ0v) is 15.9. The average Bonchev–Trinajstić information content (AvgIpc) is 3.08. The Bertz CT molecular complexity index is 871. The Balaban J connectivity index is 1.76. The number of anilines is 1. The number of furan rings is 1. The molecule has 26 heavy (non-hydrogen) atoms. The summed E-state index contributed by atoms with van der Waals surface area (Å²) in [7, 11) is -3.51. The van der Waals surface area contributed by atoms with Crippen LogP contribution in [-0.4, -0.2) is 31.2 Å². The van der Waals surface area contributed by atoms with Gasteiger partial charge in [0.1, 0.15) is 5.76 Å². The summed E-state index contributed by atoms with van der Waals surface area (Å²) in [5.41, 5.74) is 1.00. The molecule has 2 aromatic rings. The van der Waals surface area contributed by atoms with Crippen molar-refractivity contribution in [2.75, 3.05) is 11.9 Å². The van der Waals surface area contributed by atoms with Crippen molar-refractivity contribution < 1.29 is 17.6 Å². The van der Waals surface area contributed by atoms with E-state index in [-0.39, 0.29) is 16.8 Å².